The van der Waals surface area contributed by atoms with Crippen molar-refractivity contribution in [1.82, 2.24) is 14.3 Å². The average molecular weight is 428 g/mol. The Morgan fingerprint density at radius 2 is 1.77 bits per heavy atom. The van der Waals surface area contributed by atoms with E-state index in [4.69, 9.17) is 0 Å². The molecule has 0 amide bonds. The normalized spacial score (nSPS) is 11.9. The Bertz CT molecular complexity index is 1330. The van der Waals surface area contributed by atoms with Crippen molar-refractivity contribution in [1.29, 1.82) is 0 Å². The summed E-state index contributed by atoms with van der Waals surface area (Å²) in [7, 11) is 2.18. The Kier molecular flexibility index (Phi) is 5.86. The maximum Gasteiger partial charge on any atom is 0.258 e. The van der Waals surface area contributed by atoms with Crippen molar-refractivity contribution in [2.24, 2.45) is 14.1 Å². The maximum absolute atomic E-state index is 14.8. The number of nitrogens with one attached hydrogen (secondary N) is 1. The number of aromatic nitrogens is 3. The van der Waals surface area contributed by atoms with E-state index in [1.54, 1.807) is 36.3 Å². The zero-order chi connectivity index (χ0) is 20.7. The van der Waals surface area contributed by atoms with Crippen LogP contribution in [0, 0.1) is 5.82 Å². The molecule has 1 atom stereocenters. The van der Waals surface area contributed by atoms with Crippen LogP contribution >= 0.6 is 0 Å². The van der Waals surface area contributed by atoms with Crippen molar-refractivity contribution in [2.75, 3.05) is 11.0 Å². The molecule has 4 rings (SSSR count). The number of pyridine rings is 1. The monoisotopic (exact) mass is 428 g/mol. The van der Waals surface area contributed by atoms with Gasteiger partial charge in [0.15, 0.2) is 0 Å². The van der Waals surface area contributed by atoms with Crippen molar-refractivity contribution in [3.8, 4) is 22.3 Å². The summed E-state index contributed by atoms with van der Waals surface area (Å²) in [6, 6.07) is 9.95. The largest absolute Gasteiger partial charge is 0.412 e. The third kappa shape index (κ3) is 3.89. The first-order valence-corrected chi connectivity index (χ1v) is 10.4. The Balaban J connectivity index is 0.00000256. The third-order valence-corrected chi connectivity index (χ3v) is 5.26. The molecule has 3 N–H and O–H groups in total. The van der Waals surface area contributed by atoms with Gasteiger partial charge in [0.2, 0.25) is 0 Å². The number of aryl methyl sites for hydroxylation is 2. The van der Waals surface area contributed by atoms with Gasteiger partial charge in [-0.3, -0.25) is 9.48 Å². The molecule has 0 radical (unpaired) electrons. The second kappa shape index (κ2) is 8.21. The van der Waals surface area contributed by atoms with Crippen LogP contribution in [0.25, 0.3) is 33.0 Å². The van der Waals surface area contributed by atoms with Crippen LogP contribution in [0.2, 0.25) is 0 Å². The molecule has 4 aromatic rings. The Labute approximate surface area is 174 Å². The Morgan fingerprint density at radius 3 is 2.43 bits per heavy atom. The molecule has 0 aliphatic carbocycles. The van der Waals surface area contributed by atoms with Crippen molar-refractivity contribution < 1.29 is 14.1 Å². The zero-order valence-electron chi connectivity index (χ0n) is 16.6. The third-order valence-electron chi connectivity index (χ3n) is 4.74. The van der Waals surface area contributed by atoms with Crippen molar-refractivity contribution in [2.45, 2.75) is 0 Å². The van der Waals surface area contributed by atoms with Crippen LogP contribution in [0.1, 0.15) is 0 Å². The van der Waals surface area contributed by atoms with E-state index in [1.165, 1.54) is 23.0 Å². The lowest BCUT2D eigenvalue weighted by Crippen LogP contribution is -2.16. The molecule has 30 heavy (non-hydrogen) atoms. The molecule has 2 aromatic carbocycles. The number of rotatable bonds is 4. The molecule has 0 aliphatic rings. The fourth-order valence-electron chi connectivity index (χ4n) is 3.39. The number of anilines is 1. The lowest BCUT2D eigenvalue weighted by Gasteiger charge is -2.13. The number of benzene rings is 2. The number of fused-ring (bicyclic) bond motifs is 1. The molecular formula is C21H21FN4O3S. The molecule has 2 aromatic heterocycles. The maximum atomic E-state index is 14.8. The number of hydrogen-bond acceptors (Lipinski definition) is 3. The molecule has 7 nitrogen and oxygen atoms in total. The summed E-state index contributed by atoms with van der Waals surface area (Å²) in [4.78, 5) is 12.7. The van der Waals surface area contributed by atoms with Crippen LogP contribution in [0.4, 0.5) is 10.1 Å². The van der Waals surface area contributed by atoms with Gasteiger partial charge in [-0.2, -0.15) is 5.10 Å². The SMILES string of the molecule is Cn1cc(-c2ccc3c(=O)n(C)cc(-c4cc(NS(C)=O)ccc4F)c3c2)cn1.O. The van der Waals surface area contributed by atoms with Gasteiger partial charge in [0.1, 0.15) is 16.8 Å². The minimum Gasteiger partial charge on any atom is -0.412 e. The smallest absolute Gasteiger partial charge is 0.258 e. The average Bonchev–Trinajstić information content (AvgIpc) is 3.12. The summed E-state index contributed by atoms with van der Waals surface area (Å²) in [5.74, 6) is -0.427. The van der Waals surface area contributed by atoms with Crippen LogP contribution in [-0.2, 0) is 25.1 Å². The molecule has 0 saturated heterocycles. The van der Waals surface area contributed by atoms with Crippen LogP contribution in [-0.4, -0.2) is 30.3 Å². The van der Waals surface area contributed by atoms with E-state index >= 15 is 0 Å². The predicted molar refractivity (Wildman–Crippen MR) is 118 cm³/mol. The van der Waals surface area contributed by atoms with Crippen molar-refractivity contribution >= 4 is 27.4 Å². The number of halogens is 1. The first-order valence-electron chi connectivity index (χ1n) is 8.86. The van der Waals surface area contributed by atoms with Crippen LogP contribution in [0.5, 0.6) is 0 Å². The van der Waals surface area contributed by atoms with Gasteiger partial charge in [0.05, 0.1) is 6.20 Å². The molecule has 2 heterocycles. The quantitative estimate of drug-likeness (QED) is 0.541. The van der Waals surface area contributed by atoms with Gasteiger partial charge in [-0.1, -0.05) is 6.07 Å². The van der Waals surface area contributed by atoms with Gasteiger partial charge < -0.3 is 14.8 Å². The molecule has 1 unspecified atom stereocenters. The number of nitrogens with zero attached hydrogens (tertiary/aromatic N) is 3. The highest BCUT2D eigenvalue weighted by Crippen LogP contribution is 2.33. The molecular weight excluding hydrogens is 407 g/mol. The lowest BCUT2D eigenvalue weighted by molar-refractivity contribution is 0.631. The van der Waals surface area contributed by atoms with E-state index in [0.29, 0.717) is 27.6 Å². The van der Waals surface area contributed by atoms with Crippen LogP contribution < -0.4 is 10.3 Å². The highest BCUT2D eigenvalue weighted by atomic mass is 32.2. The summed E-state index contributed by atoms with van der Waals surface area (Å²) in [5, 5.41) is 5.33. The summed E-state index contributed by atoms with van der Waals surface area (Å²) < 4.78 is 32.2. The van der Waals surface area contributed by atoms with Crippen LogP contribution in [0.3, 0.4) is 0 Å². The van der Waals surface area contributed by atoms with E-state index in [9.17, 15) is 13.4 Å². The highest BCUT2D eigenvalue weighted by Gasteiger charge is 2.15. The minimum atomic E-state index is -1.29. The minimum absolute atomic E-state index is 0. The fourth-order valence-corrected chi connectivity index (χ4v) is 3.85. The van der Waals surface area contributed by atoms with E-state index in [-0.39, 0.29) is 11.0 Å². The van der Waals surface area contributed by atoms with Gasteiger partial charge in [-0.25, -0.2) is 8.60 Å². The topological polar surface area (TPSA) is 100 Å². The summed E-state index contributed by atoms with van der Waals surface area (Å²) in [6.07, 6.45) is 6.75. The predicted octanol–water partition coefficient (Wildman–Crippen LogP) is 2.63. The highest BCUT2D eigenvalue weighted by molar-refractivity contribution is 7.85. The van der Waals surface area contributed by atoms with Crippen LogP contribution in [0.15, 0.2) is 59.8 Å². The van der Waals surface area contributed by atoms with E-state index in [2.05, 4.69) is 9.82 Å². The molecule has 0 saturated carbocycles. The standard InChI is InChI=1S/C21H19FN4O2S.H2O/c1-25-12-19(18-9-15(24-29(3)28)5-7-20(18)22)17-8-13(4-6-16(17)21(25)27)14-10-23-26(2)11-14;/h4-12,24H,1-3H3;1H2. The van der Waals surface area contributed by atoms with Gasteiger partial charge in [-0.05, 0) is 41.3 Å². The molecule has 0 bridgehead atoms. The fraction of sp³-hybridized carbons (Fsp3) is 0.143. The van der Waals surface area contributed by atoms with Gasteiger partial charge in [-0.15, -0.1) is 0 Å². The lowest BCUT2D eigenvalue weighted by atomic mass is 9.97. The first-order chi connectivity index (χ1) is 13.8. The molecule has 0 aliphatic heterocycles. The van der Waals surface area contributed by atoms with Crippen molar-refractivity contribution in [3.63, 3.8) is 0 Å². The van der Waals surface area contributed by atoms with Gasteiger partial charge >= 0.3 is 0 Å². The van der Waals surface area contributed by atoms with Gasteiger partial charge in [0, 0.05) is 60.5 Å². The van der Waals surface area contributed by atoms with E-state index < -0.39 is 16.8 Å². The molecule has 9 heteroatoms. The molecule has 156 valence electrons. The Hall–Kier alpha value is -3.30. The Morgan fingerprint density at radius 1 is 1.00 bits per heavy atom. The zero-order valence-corrected chi connectivity index (χ0v) is 17.5. The van der Waals surface area contributed by atoms with Crippen molar-refractivity contribution in [3.05, 3.63) is 71.2 Å². The molecule has 0 spiro atoms. The summed E-state index contributed by atoms with van der Waals surface area (Å²) in [5.41, 5.74) is 3.06. The second-order valence-electron chi connectivity index (χ2n) is 6.87. The summed E-state index contributed by atoms with van der Waals surface area (Å²) >= 11 is 0. The van der Waals surface area contributed by atoms with Gasteiger partial charge in [0.25, 0.3) is 5.56 Å². The second-order valence-corrected chi connectivity index (χ2v) is 7.99. The number of hydrogen-bond donors (Lipinski definition) is 1. The van der Waals surface area contributed by atoms with E-state index in [0.717, 1.165) is 11.1 Å². The van der Waals surface area contributed by atoms with E-state index in [1.807, 2.05) is 25.4 Å². The molecule has 0 fully saturated rings. The summed E-state index contributed by atoms with van der Waals surface area (Å²) in [6.45, 7) is 0. The first kappa shape index (κ1) is 21.4.